The lowest BCUT2D eigenvalue weighted by atomic mass is 10.1. The van der Waals surface area contributed by atoms with Crippen molar-refractivity contribution in [2.24, 2.45) is 5.73 Å². The van der Waals surface area contributed by atoms with Crippen LogP contribution in [0.5, 0.6) is 5.75 Å². The average molecular weight is 434 g/mol. The molecule has 3 rings (SSSR count). The maximum absolute atomic E-state index is 5.81. The standard InChI is InChI=1S/C23H27N3O.2ClH/c24-14-17-26(16-13-20-6-2-1-3-7-20)18-21-9-11-23(12-10-21)27-19-22-8-4-5-15-25-22;;/h1-12,15H,13-14,16-19,24H2;2*1H. The van der Waals surface area contributed by atoms with Gasteiger partial charge in [-0.05, 0) is 41.8 Å². The van der Waals surface area contributed by atoms with Crippen LogP contribution in [0, 0.1) is 0 Å². The average Bonchev–Trinajstić information content (AvgIpc) is 2.73. The van der Waals surface area contributed by atoms with E-state index >= 15 is 0 Å². The number of rotatable bonds is 10. The largest absolute Gasteiger partial charge is 0.487 e. The van der Waals surface area contributed by atoms with Crippen LogP contribution in [0.25, 0.3) is 0 Å². The quantitative estimate of drug-likeness (QED) is 0.510. The molecule has 0 aliphatic carbocycles. The van der Waals surface area contributed by atoms with Gasteiger partial charge in [-0.15, -0.1) is 24.8 Å². The van der Waals surface area contributed by atoms with Crippen molar-refractivity contribution in [1.29, 1.82) is 0 Å². The molecule has 1 aromatic heterocycles. The summed E-state index contributed by atoms with van der Waals surface area (Å²) in [5.41, 5.74) is 9.36. The summed E-state index contributed by atoms with van der Waals surface area (Å²) in [4.78, 5) is 6.67. The molecule has 2 N–H and O–H groups in total. The number of benzene rings is 2. The summed E-state index contributed by atoms with van der Waals surface area (Å²) >= 11 is 0. The first kappa shape index (κ1) is 24.9. The van der Waals surface area contributed by atoms with Crippen molar-refractivity contribution in [2.45, 2.75) is 19.6 Å². The van der Waals surface area contributed by atoms with Crippen molar-refractivity contribution < 1.29 is 4.74 Å². The van der Waals surface area contributed by atoms with Crippen LogP contribution in [-0.2, 0) is 19.6 Å². The molecule has 0 bridgehead atoms. The second kappa shape index (κ2) is 14.0. The molecular formula is C23H29Cl2N3O. The van der Waals surface area contributed by atoms with Crippen molar-refractivity contribution in [2.75, 3.05) is 19.6 Å². The van der Waals surface area contributed by atoms with Gasteiger partial charge in [-0.1, -0.05) is 48.5 Å². The fourth-order valence-electron chi connectivity index (χ4n) is 2.97. The number of aromatic nitrogens is 1. The normalized spacial score (nSPS) is 10.1. The monoisotopic (exact) mass is 433 g/mol. The number of hydrogen-bond acceptors (Lipinski definition) is 4. The van der Waals surface area contributed by atoms with E-state index in [0.29, 0.717) is 13.2 Å². The number of halogens is 2. The Kier molecular flexibility index (Phi) is 12.0. The Labute approximate surface area is 185 Å². The summed E-state index contributed by atoms with van der Waals surface area (Å²) in [6.07, 6.45) is 2.81. The highest BCUT2D eigenvalue weighted by Crippen LogP contribution is 2.15. The maximum Gasteiger partial charge on any atom is 0.130 e. The molecule has 0 unspecified atom stereocenters. The Bertz CT molecular complexity index is 786. The molecule has 0 saturated carbocycles. The molecule has 0 atom stereocenters. The lowest BCUT2D eigenvalue weighted by Crippen LogP contribution is -2.31. The predicted octanol–water partition coefficient (Wildman–Crippen LogP) is 4.51. The highest BCUT2D eigenvalue weighted by Gasteiger charge is 2.06. The van der Waals surface area contributed by atoms with Crippen LogP contribution in [0.2, 0.25) is 0 Å². The molecule has 29 heavy (non-hydrogen) atoms. The fourth-order valence-corrected chi connectivity index (χ4v) is 2.97. The zero-order valence-electron chi connectivity index (χ0n) is 16.4. The van der Waals surface area contributed by atoms with Crippen molar-refractivity contribution in [1.82, 2.24) is 9.88 Å². The summed E-state index contributed by atoms with van der Waals surface area (Å²) in [5.74, 6) is 0.860. The molecule has 0 saturated heterocycles. The summed E-state index contributed by atoms with van der Waals surface area (Å²) in [7, 11) is 0. The van der Waals surface area contributed by atoms with Gasteiger partial charge in [-0.2, -0.15) is 0 Å². The van der Waals surface area contributed by atoms with Crippen LogP contribution in [0.3, 0.4) is 0 Å². The van der Waals surface area contributed by atoms with E-state index in [2.05, 4.69) is 52.3 Å². The third kappa shape index (κ3) is 8.84. The lowest BCUT2D eigenvalue weighted by molar-refractivity contribution is 0.275. The van der Waals surface area contributed by atoms with Crippen LogP contribution in [0.15, 0.2) is 79.0 Å². The van der Waals surface area contributed by atoms with E-state index in [0.717, 1.165) is 37.5 Å². The first-order chi connectivity index (χ1) is 13.3. The summed E-state index contributed by atoms with van der Waals surface area (Å²) < 4.78 is 5.81. The minimum absolute atomic E-state index is 0. The van der Waals surface area contributed by atoms with Gasteiger partial charge in [0.05, 0.1) is 5.69 Å². The number of nitrogens with two attached hydrogens (primary N) is 1. The van der Waals surface area contributed by atoms with Crippen molar-refractivity contribution in [3.63, 3.8) is 0 Å². The van der Waals surface area contributed by atoms with Crippen LogP contribution in [0.4, 0.5) is 0 Å². The van der Waals surface area contributed by atoms with Gasteiger partial charge in [0.2, 0.25) is 0 Å². The van der Waals surface area contributed by atoms with E-state index in [9.17, 15) is 0 Å². The highest BCUT2D eigenvalue weighted by atomic mass is 35.5. The Morgan fingerprint density at radius 1 is 0.793 bits per heavy atom. The molecule has 0 radical (unpaired) electrons. The van der Waals surface area contributed by atoms with Crippen LogP contribution < -0.4 is 10.5 Å². The van der Waals surface area contributed by atoms with Gasteiger partial charge in [0.25, 0.3) is 0 Å². The Morgan fingerprint density at radius 2 is 1.52 bits per heavy atom. The van der Waals surface area contributed by atoms with Crippen molar-refractivity contribution in [3.8, 4) is 5.75 Å². The molecule has 1 heterocycles. The zero-order valence-corrected chi connectivity index (χ0v) is 18.1. The highest BCUT2D eigenvalue weighted by molar-refractivity contribution is 5.85. The predicted molar refractivity (Wildman–Crippen MR) is 124 cm³/mol. The number of pyridine rings is 1. The molecule has 156 valence electrons. The van der Waals surface area contributed by atoms with E-state index in [-0.39, 0.29) is 24.8 Å². The number of nitrogens with zero attached hydrogens (tertiary/aromatic N) is 2. The first-order valence-corrected chi connectivity index (χ1v) is 9.41. The van der Waals surface area contributed by atoms with Crippen LogP contribution in [-0.4, -0.2) is 29.5 Å². The molecule has 2 aromatic carbocycles. The van der Waals surface area contributed by atoms with Gasteiger partial charge in [0, 0.05) is 32.4 Å². The molecular weight excluding hydrogens is 405 g/mol. The van der Waals surface area contributed by atoms with Crippen molar-refractivity contribution >= 4 is 24.8 Å². The molecule has 3 aromatic rings. The van der Waals surface area contributed by atoms with E-state index < -0.39 is 0 Å². The minimum atomic E-state index is 0. The second-order valence-corrected chi connectivity index (χ2v) is 6.55. The van der Waals surface area contributed by atoms with Gasteiger partial charge in [-0.3, -0.25) is 9.88 Å². The van der Waals surface area contributed by atoms with Gasteiger partial charge < -0.3 is 10.5 Å². The summed E-state index contributed by atoms with van der Waals surface area (Å²) in [6.45, 7) is 3.94. The van der Waals surface area contributed by atoms with E-state index in [1.807, 2.05) is 30.3 Å². The van der Waals surface area contributed by atoms with Gasteiger partial charge in [-0.25, -0.2) is 0 Å². The third-order valence-electron chi connectivity index (χ3n) is 4.45. The topological polar surface area (TPSA) is 51.4 Å². The Morgan fingerprint density at radius 3 is 2.17 bits per heavy atom. The minimum Gasteiger partial charge on any atom is -0.487 e. The second-order valence-electron chi connectivity index (χ2n) is 6.55. The van der Waals surface area contributed by atoms with Crippen LogP contribution in [0.1, 0.15) is 16.8 Å². The smallest absolute Gasteiger partial charge is 0.130 e. The molecule has 0 aliphatic heterocycles. The Hall–Kier alpha value is -2.11. The molecule has 0 amide bonds. The summed E-state index contributed by atoms with van der Waals surface area (Å²) in [5, 5.41) is 0. The first-order valence-electron chi connectivity index (χ1n) is 9.41. The van der Waals surface area contributed by atoms with E-state index in [1.54, 1.807) is 6.20 Å². The SMILES string of the molecule is Cl.Cl.NCCN(CCc1ccccc1)Cc1ccc(OCc2ccccn2)cc1. The van der Waals surface area contributed by atoms with E-state index in [4.69, 9.17) is 10.5 Å². The molecule has 0 aliphatic rings. The molecule has 0 spiro atoms. The Balaban J connectivity index is 0.00000210. The zero-order chi connectivity index (χ0) is 18.7. The van der Waals surface area contributed by atoms with Gasteiger partial charge in [0.1, 0.15) is 12.4 Å². The van der Waals surface area contributed by atoms with E-state index in [1.165, 1.54) is 11.1 Å². The molecule has 4 nitrogen and oxygen atoms in total. The molecule has 0 fully saturated rings. The summed E-state index contributed by atoms with van der Waals surface area (Å²) in [6, 6.07) is 24.7. The lowest BCUT2D eigenvalue weighted by Gasteiger charge is -2.22. The van der Waals surface area contributed by atoms with Gasteiger partial charge >= 0.3 is 0 Å². The maximum atomic E-state index is 5.81. The number of ether oxygens (including phenoxy) is 1. The van der Waals surface area contributed by atoms with Gasteiger partial charge in [0.15, 0.2) is 0 Å². The molecule has 6 heteroatoms. The van der Waals surface area contributed by atoms with Crippen LogP contribution >= 0.6 is 24.8 Å². The fraction of sp³-hybridized carbons (Fsp3) is 0.261. The van der Waals surface area contributed by atoms with Crippen molar-refractivity contribution in [3.05, 3.63) is 95.8 Å². The number of hydrogen-bond donors (Lipinski definition) is 1. The third-order valence-corrected chi connectivity index (χ3v) is 4.45.